The van der Waals surface area contributed by atoms with Gasteiger partial charge in [0.25, 0.3) is 0 Å². The van der Waals surface area contributed by atoms with E-state index in [4.69, 9.17) is 26.5 Å². The molecule has 0 amide bonds. The SMILES string of the molecule is Cc1nn(C)c2c1CSCc1cc(n(C)n1)CCc1cc(c3ccc(F)cc3c1)OCCCc1c(C(=O)[O-])n(C)c3c-2c(Cl)ccc13. The van der Waals surface area contributed by atoms with Crippen LogP contribution < -0.4 is 9.84 Å². The molecule has 0 saturated carbocycles. The summed E-state index contributed by atoms with van der Waals surface area (Å²) in [7, 11) is 5.61. The molecule has 0 spiro atoms. The third kappa shape index (κ3) is 5.67. The molecule has 242 valence electrons. The maximum atomic E-state index is 14.3. The van der Waals surface area contributed by atoms with Gasteiger partial charge in [-0.05, 0) is 85.5 Å². The molecule has 0 unspecified atom stereocenters. The van der Waals surface area contributed by atoms with Crippen LogP contribution in [0.2, 0.25) is 5.02 Å². The lowest BCUT2D eigenvalue weighted by molar-refractivity contribution is -0.255. The standard InChI is InChI=1S/C36H35ClFN5O3S/c1-20-29-19-47-18-24-17-25(42(3)40-24)9-7-21-14-22-16-23(38)8-10-26(22)31(15-21)46-13-5-6-27-28-11-12-30(37)32(34(29)43(4)39-20)33(28)41(2)35(27)36(44)45/h8,10-12,14-17H,5-7,9,13,18-19H2,1-4H3,(H,44,45)/p-1. The Hall–Kier alpha value is -4.28. The highest BCUT2D eigenvalue weighted by Crippen LogP contribution is 2.42. The molecule has 7 rings (SSSR count). The molecule has 3 aromatic heterocycles. The summed E-state index contributed by atoms with van der Waals surface area (Å²) < 4.78 is 26.1. The number of hydrogen-bond donors (Lipinski definition) is 0. The van der Waals surface area contributed by atoms with Crippen molar-refractivity contribution in [2.75, 3.05) is 6.61 Å². The van der Waals surface area contributed by atoms with E-state index in [1.807, 2.05) is 54.6 Å². The highest BCUT2D eigenvalue weighted by Gasteiger charge is 2.25. The Morgan fingerprint density at radius 1 is 0.957 bits per heavy atom. The molecule has 0 aliphatic carbocycles. The maximum absolute atomic E-state index is 14.3. The number of thioether (sulfide) groups is 1. The number of nitrogens with zero attached hydrogens (tertiary/aromatic N) is 5. The van der Waals surface area contributed by atoms with E-state index < -0.39 is 5.97 Å². The molecule has 11 heteroatoms. The Labute approximate surface area is 281 Å². The second-order valence-corrected chi connectivity index (χ2v) is 13.6. The third-order valence-electron chi connectivity index (χ3n) is 9.14. The summed E-state index contributed by atoms with van der Waals surface area (Å²) in [6.07, 6.45) is 2.50. The van der Waals surface area contributed by atoms with Gasteiger partial charge in [-0.25, -0.2) is 4.39 Å². The number of halogens is 2. The average Bonchev–Trinajstić information content (AvgIpc) is 3.62. The van der Waals surface area contributed by atoms with Crippen molar-refractivity contribution in [1.82, 2.24) is 24.1 Å². The molecule has 1 aliphatic rings. The number of fused-ring (bicyclic) bond motifs is 8. The topological polar surface area (TPSA) is 89.9 Å². The van der Waals surface area contributed by atoms with Crippen molar-refractivity contribution in [3.8, 4) is 17.0 Å². The zero-order valence-corrected chi connectivity index (χ0v) is 28.3. The van der Waals surface area contributed by atoms with Gasteiger partial charge in [0, 0.05) is 60.2 Å². The number of aromatic carboxylic acids is 1. The molecule has 0 radical (unpaired) electrons. The summed E-state index contributed by atoms with van der Waals surface area (Å²) in [5.74, 6) is 0.507. The number of rotatable bonds is 1. The van der Waals surface area contributed by atoms with Crippen LogP contribution >= 0.6 is 23.4 Å². The Bertz CT molecular complexity index is 2200. The number of benzene rings is 3. The number of carboxylic acids is 1. The van der Waals surface area contributed by atoms with E-state index in [0.717, 1.165) is 74.0 Å². The molecule has 8 bridgehead atoms. The average molecular weight is 671 g/mol. The van der Waals surface area contributed by atoms with Crippen LogP contribution in [-0.4, -0.2) is 36.7 Å². The smallest absolute Gasteiger partial charge is 0.127 e. The molecule has 0 fully saturated rings. The maximum Gasteiger partial charge on any atom is 0.127 e. The van der Waals surface area contributed by atoms with E-state index >= 15 is 0 Å². The lowest BCUT2D eigenvalue weighted by Crippen LogP contribution is -2.26. The largest absolute Gasteiger partial charge is 0.543 e. The van der Waals surface area contributed by atoms with Crippen molar-refractivity contribution >= 4 is 51.0 Å². The van der Waals surface area contributed by atoms with Gasteiger partial charge in [0.05, 0.1) is 45.9 Å². The molecule has 0 N–H and O–H groups in total. The molecule has 3 aromatic carbocycles. The first kappa shape index (κ1) is 31.3. The first-order valence-electron chi connectivity index (χ1n) is 15.6. The molecule has 8 nitrogen and oxygen atoms in total. The number of aromatic nitrogens is 5. The molecule has 6 aromatic rings. The minimum Gasteiger partial charge on any atom is -0.543 e. The van der Waals surface area contributed by atoms with Crippen LogP contribution in [0.5, 0.6) is 5.75 Å². The number of carbonyl (C=O) groups is 1. The first-order chi connectivity index (χ1) is 22.6. The zero-order valence-electron chi connectivity index (χ0n) is 26.7. The van der Waals surface area contributed by atoms with Gasteiger partial charge in [0.15, 0.2) is 0 Å². The zero-order chi connectivity index (χ0) is 33.0. The number of aryl methyl sites for hydroxylation is 7. The number of carbonyl (C=O) groups excluding carboxylic acids is 1. The second kappa shape index (κ2) is 12.4. The van der Waals surface area contributed by atoms with Crippen LogP contribution in [0.3, 0.4) is 0 Å². The predicted molar refractivity (Wildman–Crippen MR) is 183 cm³/mol. The Morgan fingerprint density at radius 3 is 2.57 bits per heavy atom. The van der Waals surface area contributed by atoms with E-state index in [0.29, 0.717) is 47.3 Å². The van der Waals surface area contributed by atoms with Crippen molar-refractivity contribution < 1.29 is 19.0 Å². The predicted octanol–water partition coefficient (Wildman–Crippen LogP) is 6.47. The minimum atomic E-state index is -1.25. The molecule has 1 aliphatic heterocycles. The van der Waals surface area contributed by atoms with E-state index in [1.165, 1.54) is 12.1 Å². The van der Waals surface area contributed by atoms with Crippen molar-refractivity contribution in [3.63, 3.8) is 0 Å². The van der Waals surface area contributed by atoms with Gasteiger partial charge >= 0.3 is 0 Å². The quantitative estimate of drug-likeness (QED) is 0.199. The highest BCUT2D eigenvalue weighted by molar-refractivity contribution is 7.97. The Morgan fingerprint density at radius 2 is 1.77 bits per heavy atom. The monoisotopic (exact) mass is 670 g/mol. The lowest BCUT2D eigenvalue weighted by Gasteiger charge is -2.13. The summed E-state index contributed by atoms with van der Waals surface area (Å²) in [6.45, 7) is 2.33. The fourth-order valence-corrected chi connectivity index (χ4v) is 8.24. The Balaban J connectivity index is 1.36. The number of ether oxygens (including phenoxy) is 1. The van der Waals surface area contributed by atoms with Gasteiger partial charge in [0.2, 0.25) is 0 Å². The van der Waals surface area contributed by atoms with Gasteiger partial charge in [-0.15, -0.1) is 0 Å². The highest BCUT2D eigenvalue weighted by atomic mass is 35.5. The van der Waals surface area contributed by atoms with Crippen molar-refractivity contribution in [2.24, 2.45) is 21.1 Å². The van der Waals surface area contributed by atoms with Gasteiger partial charge in [-0.2, -0.15) is 22.0 Å². The van der Waals surface area contributed by atoms with E-state index in [-0.39, 0.29) is 11.5 Å². The van der Waals surface area contributed by atoms with Gasteiger partial charge < -0.3 is 19.2 Å². The van der Waals surface area contributed by atoms with Crippen molar-refractivity contribution in [2.45, 2.75) is 44.1 Å². The molecule has 0 saturated heterocycles. The number of hydrogen-bond acceptors (Lipinski definition) is 6. The molecular weight excluding hydrogens is 637 g/mol. The minimum absolute atomic E-state index is 0.120. The summed E-state index contributed by atoms with van der Waals surface area (Å²) in [5, 5.41) is 25.1. The molecule has 4 heterocycles. The summed E-state index contributed by atoms with van der Waals surface area (Å²) in [4.78, 5) is 12.6. The van der Waals surface area contributed by atoms with E-state index in [2.05, 4.69) is 6.07 Å². The summed E-state index contributed by atoms with van der Waals surface area (Å²) in [5.41, 5.74) is 8.21. The molecular formula is C36H34ClFN5O3S-. The van der Waals surface area contributed by atoms with Crippen LogP contribution in [-0.2, 0) is 51.9 Å². The molecule has 47 heavy (non-hydrogen) atoms. The van der Waals surface area contributed by atoms with Crippen LogP contribution in [0.15, 0.2) is 48.5 Å². The summed E-state index contributed by atoms with van der Waals surface area (Å²) >= 11 is 8.69. The van der Waals surface area contributed by atoms with Gasteiger partial charge in [-0.1, -0.05) is 23.7 Å². The van der Waals surface area contributed by atoms with E-state index in [9.17, 15) is 14.3 Å². The van der Waals surface area contributed by atoms with Crippen LogP contribution in [0.1, 0.15) is 50.7 Å². The first-order valence-corrected chi connectivity index (χ1v) is 17.1. The number of carboxylic acid groups (broad SMARTS) is 1. The van der Waals surface area contributed by atoms with Crippen molar-refractivity contribution in [1.29, 1.82) is 0 Å². The Kier molecular flexibility index (Phi) is 8.26. The fraction of sp³-hybridized carbons (Fsp3) is 0.306. The van der Waals surface area contributed by atoms with Gasteiger partial charge in [-0.3, -0.25) is 9.36 Å². The lowest BCUT2D eigenvalue weighted by atomic mass is 10.00. The third-order valence-corrected chi connectivity index (χ3v) is 10.5. The van der Waals surface area contributed by atoms with Crippen LogP contribution in [0, 0.1) is 12.7 Å². The second-order valence-electron chi connectivity index (χ2n) is 12.2. The fourth-order valence-electron chi connectivity index (χ4n) is 6.99. The van der Waals surface area contributed by atoms with Gasteiger partial charge in [0.1, 0.15) is 11.6 Å². The van der Waals surface area contributed by atoms with Crippen LogP contribution in [0.25, 0.3) is 32.9 Å². The molecule has 0 atom stereocenters. The summed E-state index contributed by atoms with van der Waals surface area (Å²) in [6, 6.07) is 14.6. The van der Waals surface area contributed by atoms with E-state index in [1.54, 1.807) is 29.4 Å². The van der Waals surface area contributed by atoms with Crippen LogP contribution in [0.4, 0.5) is 4.39 Å². The normalized spacial score (nSPS) is 14.3. The van der Waals surface area contributed by atoms with Crippen molar-refractivity contribution in [3.05, 3.63) is 98.8 Å².